The van der Waals surface area contributed by atoms with Crippen LogP contribution in [0.2, 0.25) is 0 Å². The first-order valence-corrected chi connectivity index (χ1v) is 8.83. The molecule has 0 radical (unpaired) electrons. The van der Waals surface area contributed by atoms with E-state index in [1.54, 1.807) is 6.08 Å². The summed E-state index contributed by atoms with van der Waals surface area (Å²) in [5, 5.41) is 20.4. The Labute approximate surface area is 149 Å². The molecule has 1 heterocycles. The summed E-state index contributed by atoms with van der Waals surface area (Å²) in [6.45, 7) is 9.80. The first-order valence-electron chi connectivity index (χ1n) is 8.83. The van der Waals surface area contributed by atoms with Gasteiger partial charge in [-0.05, 0) is 52.2 Å². The van der Waals surface area contributed by atoms with Gasteiger partial charge in [0, 0.05) is 12.0 Å². The van der Waals surface area contributed by atoms with Crippen LogP contribution in [-0.2, 0) is 0 Å². The number of carbonyl (C=O) groups excluding carboxylic acids is 1. The molecule has 0 spiro atoms. The average molecular weight is 344 g/mol. The van der Waals surface area contributed by atoms with E-state index in [4.69, 9.17) is 4.74 Å². The molecule has 1 aliphatic rings. The Kier molecular flexibility index (Phi) is 5.61. The maximum absolute atomic E-state index is 12.7. The molecular formula is C21H28O4. The molecular weight excluding hydrogens is 316 g/mol. The number of phenols is 2. The topological polar surface area (TPSA) is 66.8 Å². The molecule has 2 atom stereocenters. The number of aromatic hydroxyl groups is 2. The third kappa shape index (κ3) is 4.06. The summed E-state index contributed by atoms with van der Waals surface area (Å²) in [6, 6.07) is 1.22. The Morgan fingerprint density at radius 1 is 1.32 bits per heavy atom. The highest BCUT2D eigenvalue weighted by molar-refractivity contribution is 6.04. The zero-order valence-corrected chi connectivity index (χ0v) is 15.7. The Balaban J connectivity index is 2.45. The number of ketones is 1. The Morgan fingerprint density at radius 2 is 2.00 bits per heavy atom. The lowest BCUT2D eigenvalue weighted by atomic mass is 9.89. The van der Waals surface area contributed by atoms with Crippen molar-refractivity contribution >= 4 is 11.9 Å². The summed E-state index contributed by atoms with van der Waals surface area (Å²) in [6.07, 6.45) is 8.08. The van der Waals surface area contributed by atoms with Crippen LogP contribution in [0.25, 0.3) is 6.08 Å². The van der Waals surface area contributed by atoms with Crippen molar-refractivity contribution in [2.75, 3.05) is 0 Å². The van der Waals surface area contributed by atoms with Crippen molar-refractivity contribution in [2.45, 2.75) is 59.5 Å². The highest BCUT2D eigenvalue weighted by atomic mass is 16.5. The van der Waals surface area contributed by atoms with Gasteiger partial charge < -0.3 is 14.9 Å². The Morgan fingerprint density at radius 3 is 2.60 bits per heavy atom. The standard InChI is InChI=1S/C21H28O4/c1-6-14(4)19(24)18-17(23)12-16(22)15-9-11-21(5,25-20(15)18)10-7-8-13(2)3/h8-9,11-12,14,22-23H,6-7,10H2,1-5H3/t14-,21-/m1/s1. The number of rotatable bonds is 6. The number of ether oxygens (including phenoxy) is 1. The van der Waals surface area contributed by atoms with Gasteiger partial charge in [-0.15, -0.1) is 0 Å². The first kappa shape index (κ1) is 19.1. The van der Waals surface area contributed by atoms with Crippen molar-refractivity contribution in [3.63, 3.8) is 0 Å². The molecule has 1 aliphatic heterocycles. The monoisotopic (exact) mass is 344 g/mol. The summed E-state index contributed by atoms with van der Waals surface area (Å²) in [5.41, 5.74) is 1.26. The molecule has 2 rings (SSSR count). The third-order valence-corrected chi connectivity index (χ3v) is 4.71. The number of Topliss-reactive ketones (excluding diaryl/α,β-unsaturated/α-hetero) is 1. The number of carbonyl (C=O) groups is 1. The number of fused-ring (bicyclic) bond motifs is 1. The van der Waals surface area contributed by atoms with Gasteiger partial charge in [0.25, 0.3) is 0 Å². The smallest absolute Gasteiger partial charge is 0.173 e. The summed E-state index contributed by atoms with van der Waals surface area (Å²) in [5.74, 6) is -0.437. The van der Waals surface area contributed by atoms with E-state index in [9.17, 15) is 15.0 Å². The molecule has 0 saturated carbocycles. The van der Waals surface area contributed by atoms with Crippen LogP contribution in [0.15, 0.2) is 23.8 Å². The normalized spacial score (nSPS) is 19.7. The minimum atomic E-state index is -0.594. The maximum atomic E-state index is 12.7. The Bertz CT molecular complexity index is 726. The minimum Gasteiger partial charge on any atom is -0.507 e. The second-order valence-corrected chi connectivity index (χ2v) is 7.27. The van der Waals surface area contributed by atoms with Crippen molar-refractivity contribution in [2.24, 2.45) is 5.92 Å². The Hall–Kier alpha value is -2.23. The van der Waals surface area contributed by atoms with Crippen LogP contribution < -0.4 is 4.74 Å². The molecule has 1 aromatic carbocycles. The molecule has 136 valence electrons. The van der Waals surface area contributed by atoms with E-state index in [2.05, 4.69) is 6.08 Å². The quantitative estimate of drug-likeness (QED) is 0.547. The highest BCUT2D eigenvalue weighted by Gasteiger charge is 2.34. The van der Waals surface area contributed by atoms with Gasteiger partial charge in [-0.1, -0.05) is 25.5 Å². The van der Waals surface area contributed by atoms with E-state index in [-0.39, 0.29) is 34.5 Å². The van der Waals surface area contributed by atoms with E-state index < -0.39 is 5.60 Å². The SMILES string of the molecule is CC[C@@H](C)C(=O)c1c(O)cc(O)c2c1O[C@](C)(CCC=C(C)C)C=C2. The second-order valence-electron chi connectivity index (χ2n) is 7.27. The fourth-order valence-electron chi connectivity index (χ4n) is 2.89. The zero-order valence-electron chi connectivity index (χ0n) is 15.7. The lowest BCUT2D eigenvalue weighted by molar-refractivity contribution is 0.0901. The van der Waals surface area contributed by atoms with Gasteiger partial charge in [0.1, 0.15) is 28.4 Å². The number of allylic oxidation sites excluding steroid dienone is 2. The van der Waals surface area contributed by atoms with E-state index in [0.29, 0.717) is 12.0 Å². The molecule has 0 aliphatic carbocycles. The molecule has 0 saturated heterocycles. The van der Waals surface area contributed by atoms with Crippen molar-refractivity contribution in [3.8, 4) is 17.2 Å². The van der Waals surface area contributed by atoms with E-state index >= 15 is 0 Å². The summed E-state index contributed by atoms with van der Waals surface area (Å²) in [4.78, 5) is 12.7. The first-order chi connectivity index (χ1) is 11.7. The number of hydrogen-bond donors (Lipinski definition) is 2. The van der Waals surface area contributed by atoms with Gasteiger partial charge in [0.05, 0.1) is 5.56 Å². The highest BCUT2D eigenvalue weighted by Crippen LogP contribution is 2.45. The van der Waals surface area contributed by atoms with Crippen molar-refractivity contribution in [1.82, 2.24) is 0 Å². The second kappa shape index (κ2) is 7.34. The summed E-state index contributed by atoms with van der Waals surface area (Å²) in [7, 11) is 0. The van der Waals surface area contributed by atoms with Crippen molar-refractivity contribution in [1.29, 1.82) is 0 Å². The van der Waals surface area contributed by atoms with E-state index in [0.717, 1.165) is 12.8 Å². The zero-order chi connectivity index (χ0) is 18.8. The largest absolute Gasteiger partial charge is 0.507 e. The van der Waals surface area contributed by atoms with Crippen LogP contribution in [-0.4, -0.2) is 21.6 Å². The molecule has 4 heteroatoms. The molecule has 0 fully saturated rings. The van der Waals surface area contributed by atoms with Gasteiger partial charge in [-0.3, -0.25) is 4.79 Å². The van der Waals surface area contributed by atoms with Crippen LogP contribution in [0.1, 0.15) is 69.8 Å². The van der Waals surface area contributed by atoms with Gasteiger partial charge in [0.15, 0.2) is 5.78 Å². The summed E-state index contributed by atoms with van der Waals surface area (Å²) < 4.78 is 6.15. The molecule has 2 N–H and O–H groups in total. The van der Waals surface area contributed by atoms with Crippen LogP contribution in [0, 0.1) is 5.92 Å². The van der Waals surface area contributed by atoms with E-state index in [1.165, 1.54) is 11.6 Å². The molecule has 4 nitrogen and oxygen atoms in total. The van der Waals surface area contributed by atoms with Crippen LogP contribution >= 0.6 is 0 Å². The molecule has 0 unspecified atom stereocenters. The van der Waals surface area contributed by atoms with Crippen LogP contribution in [0.4, 0.5) is 0 Å². The van der Waals surface area contributed by atoms with Gasteiger partial charge in [-0.25, -0.2) is 0 Å². The maximum Gasteiger partial charge on any atom is 0.173 e. The predicted molar refractivity (Wildman–Crippen MR) is 100 cm³/mol. The summed E-state index contributed by atoms with van der Waals surface area (Å²) >= 11 is 0. The van der Waals surface area contributed by atoms with Gasteiger partial charge in [0.2, 0.25) is 0 Å². The fraction of sp³-hybridized carbons (Fsp3) is 0.476. The number of hydrogen-bond acceptors (Lipinski definition) is 4. The lowest BCUT2D eigenvalue weighted by Gasteiger charge is -2.33. The fourth-order valence-corrected chi connectivity index (χ4v) is 2.89. The molecule has 0 bridgehead atoms. The average Bonchev–Trinajstić information content (AvgIpc) is 2.52. The molecule has 1 aromatic rings. The predicted octanol–water partition coefficient (Wildman–Crippen LogP) is 5.24. The van der Waals surface area contributed by atoms with E-state index in [1.807, 2.05) is 40.7 Å². The number of phenolic OH excluding ortho intramolecular Hbond substituents is 2. The van der Waals surface area contributed by atoms with Gasteiger partial charge in [-0.2, -0.15) is 0 Å². The van der Waals surface area contributed by atoms with Crippen molar-refractivity contribution in [3.05, 3.63) is 34.9 Å². The molecule has 0 amide bonds. The van der Waals surface area contributed by atoms with Crippen LogP contribution in [0.3, 0.4) is 0 Å². The van der Waals surface area contributed by atoms with Gasteiger partial charge >= 0.3 is 0 Å². The molecule has 0 aromatic heterocycles. The van der Waals surface area contributed by atoms with Crippen LogP contribution in [0.5, 0.6) is 17.2 Å². The number of benzene rings is 1. The minimum absolute atomic E-state index is 0.0872. The van der Waals surface area contributed by atoms with Crippen molar-refractivity contribution < 1.29 is 19.7 Å². The molecule has 25 heavy (non-hydrogen) atoms. The third-order valence-electron chi connectivity index (χ3n) is 4.71. The lowest BCUT2D eigenvalue weighted by Crippen LogP contribution is -2.33.